The molecule has 0 saturated carbocycles. The summed E-state index contributed by atoms with van der Waals surface area (Å²) in [4.78, 5) is 27.4. The lowest BCUT2D eigenvalue weighted by Crippen LogP contribution is -2.51. The monoisotopic (exact) mass is 509 g/mol. The molecule has 0 aliphatic carbocycles. The topological polar surface area (TPSA) is 86.8 Å². The van der Waals surface area contributed by atoms with Crippen LogP contribution in [-0.2, 0) is 26.2 Å². The van der Waals surface area contributed by atoms with Gasteiger partial charge in [0.05, 0.1) is 11.9 Å². The van der Waals surface area contributed by atoms with E-state index >= 15 is 0 Å². The van der Waals surface area contributed by atoms with E-state index in [1.54, 1.807) is 24.3 Å². The summed E-state index contributed by atoms with van der Waals surface area (Å²) in [7, 11) is -2.22. The predicted molar refractivity (Wildman–Crippen MR) is 126 cm³/mol. The molecule has 0 bridgehead atoms. The summed E-state index contributed by atoms with van der Waals surface area (Å²) in [5.74, 6) is -0.748. The van der Waals surface area contributed by atoms with Gasteiger partial charge in [-0.05, 0) is 42.7 Å². The second-order valence-electron chi connectivity index (χ2n) is 7.24. The fraction of sp³-hybridized carbons (Fsp3) is 0.364. The quantitative estimate of drug-likeness (QED) is 0.562. The average Bonchev–Trinajstić information content (AvgIpc) is 2.71. The highest BCUT2D eigenvalue weighted by Gasteiger charge is 2.31. The van der Waals surface area contributed by atoms with Gasteiger partial charge >= 0.3 is 0 Å². The SMILES string of the molecule is CC[C@@H](C(=O)NC)N(Cc1ccccc1C)C(=O)CN(c1cccc(Br)c1)S(C)(=O)=O. The first-order valence-electron chi connectivity index (χ1n) is 9.87. The van der Waals surface area contributed by atoms with Crippen molar-refractivity contribution in [3.05, 3.63) is 64.1 Å². The lowest BCUT2D eigenvalue weighted by molar-refractivity contribution is -0.140. The highest BCUT2D eigenvalue weighted by atomic mass is 79.9. The summed E-state index contributed by atoms with van der Waals surface area (Å²) in [5.41, 5.74) is 2.25. The number of hydrogen-bond acceptors (Lipinski definition) is 4. The number of carbonyl (C=O) groups excluding carboxylic acids is 2. The molecule has 168 valence electrons. The van der Waals surface area contributed by atoms with Crippen molar-refractivity contribution in [1.82, 2.24) is 10.2 Å². The second-order valence-corrected chi connectivity index (χ2v) is 10.1. The maximum Gasteiger partial charge on any atom is 0.244 e. The number of sulfonamides is 1. The number of benzene rings is 2. The molecule has 0 aliphatic rings. The predicted octanol–water partition coefficient (Wildman–Crippen LogP) is 3.08. The highest BCUT2D eigenvalue weighted by Crippen LogP contribution is 2.23. The maximum atomic E-state index is 13.4. The normalized spacial score (nSPS) is 12.2. The Kier molecular flexibility index (Phi) is 8.64. The molecule has 7 nitrogen and oxygen atoms in total. The number of halogens is 1. The fourth-order valence-corrected chi connectivity index (χ4v) is 4.53. The smallest absolute Gasteiger partial charge is 0.244 e. The van der Waals surface area contributed by atoms with Crippen LogP contribution in [0.25, 0.3) is 0 Å². The lowest BCUT2D eigenvalue weighted by atomic mass is 10.1. The number of hydrogen-bond donors (Lipinski definition) is 1. The van der Waals surface area contributed by atoms with Gasteiger partial charge in [0.25, 0.3) is 0 Å². The van der Waals surface area contributed by atoms with E-state index in [1.165, 1.54) is 11.9 Å². The Morgan fingerprint density at radius 2 is 1.81 bits per heavy atom. The molecule has 1 atom stereocenters. The zero-order valence-corrected chi connectivity index (χ0v) is 20.5. The Morgan fingerprint density at radius 1 is 1.13 bits per heavy atom. The Bertz CT molecular complexity index is 1040. The molecule has 2 amide bonds. The van der Waals surface area contributed by atoms with Crippen molar-refractivity contribution in [3.63, 3.8) is 0 Å². The van der Waals surface area contributed by atoms with E-state index in [-0.39, 0.29) is 12.5 Å². The number of nitrogens with one attached hydrogen (secondary N) is 1. The van der Waals surface area contributed by atoms with Crippen molar-refractivity contribution >= 4 is 43.5 Å². The molecule has 0 radical (unpaired) electrons. The van der Waals surface area contributed by atoms with Crippen molar-refractivity contribution in [2.75, 3.05) is 24.2 Å². The fourth-order valence-electron chi connectivity index (χ4n) is 3.30. The van der Waals surface area contributed by atoms with Crippen LogP contribution in [0.1, 0.15) is 24.5 Å². The molecule has 2 rings (SSSR count). The van der Waals surface area contributed by atoms with E-state index in [0.717, 1.165) is 21.7 Å². The van der Waals surface area contributed by atoms with E-state index < -0.39 is 28.5 Å². The number of anilines is 1. The summed E-state index contributed by atoms with van der Waals surface area (Å²) in [6.07, 6.45) is 1.45. The molecule has 2 aromatic rings. The third-order valence-electron chi connectivity index (χ3n) is 5.01. The molecule has 0 unspecified atom stereocenters. The van der Waals surface area contributed by atoms with Crippen molar-refractivity contribution in [2.24, 2.45) is 0 Å². The van der Waals surface area contributed by atoms with Crippen LogP contribution >= 0.6 is 15.9 Å². The van der Waals surface area contributed by atoms with Crippen LogP contribution in [0, 0.1) is 6.92 Å². The van der Waals surface area contributed by atoms with Crippen LogP contribution < -0.4 is 9.62 Å². The van der Waals surface area contributed by atoms with Gasteiger partial charge in [-0.25, -0.2) is 8.42 Å². The third kappa shape index (κ3) is 6.54. The van der Waals surface area contributed by atoms with Gasteiger partial charge < -0.3 is 10.2 Å². The molecule has 31 heavy (non-hydrogen) atoms. The molecule has 0 spiro atoms. The lowest BCUT2D eigenvalue weighted by Gasteiger charge is -2.33. The number of nitrogens with zero attached hydrogens (tertiary/aromatic N) is 2. The van der Waals surface area contributed by atoms with Crippen LogP contribution in [0.2, 0.25) is 0 Å². The molecule has 0 aliphatic heterocycles. The zero-order valence-electron chi connectivity index (χ0n) is 18.1. The summed E-state index contributed by atoms with van der Waals surface area (Å²) in [5, 5.41) is 2.60. The van der Waals surface area contributed by atoms with Crippen LogP contribution in [0.3, 0.4) is 0 Å². The van der Waals surface area contributed by atoms with Crippen LogP contribution in [0.5, 0.6) is 0 Å². The van der Waals surface area contributed by atoms with Crippen LogP contribution in [-0.4, -0.2) is 51.0 Å². The number of aryl methyl sites for hydroxylation is 1. The van der Waals surface area contributed by atoms with Gasteiger partial charge in [0, 0.05) is 18.1 Å². The molecule has 0 fully saturated rings. The Morgan fingerprint density at radius 3 is 2.35 bits per heavy atom. The average molecular weight is 510 g/mol. The third-order valence-corrected chi connectivity index (χ3v) is 6.64. The number of likely N-dealkylation sites (N-methyl/N-ethyl adjacent to an activating group) is 1. The molecule has 2 aromatic carbocycles. The summed E-state index contributed by atoms with van der Waals surface area (Å²) in [6, 6.07) is 13.6. The van der Waals surface area contributed by atoms with Crippen LogP contribution in [0.15, 0.2) is 53.0 Å². The minimum atomic E-state index is -3.74. The second kappa shape index (κ2) is 10.8. The highest BCUT2D eigenvalue weighted by molar-refractivity contribution is 9.10. The summed E-state index contributed by atoms with van der Waals surface area (Å²) in [6.45, 7) is 3.55. The Labute approximate surface area is 192 Å². The van der Waals surface area contributed by atoms with Gasteiger partial charge in [-0.2, -0.15) is 0 Å². The maximum absolute atomic E-state index is 13.4. The molecule has 9 heteroatoms. The molecular weight excluding hydrogens is 482 g/mol. The molecule has 0 aromatic heterocycles. The van der Waals surface area contributed by atoms with Crippen molar-refractivity contribution < 1.29 is 18.0 Å². The first-order valence-corrected chi connectivity index (χ1v) is 12.5. The Balaban J connectivity index is 2.44. The standard InChI is InChI=1S/C22H28BrN3O4S/c1-5-20(22(28)24-3)25(14-17-10-7-6-9-16(17)2)21(27)15-26(31(4,29)30)19-12-8-11-18(23)13-19/h6-13,20H,5,14-15H2,1-4H3,(H,24,28)/t20-/m0/s1. The van der Waals surface area contributed by atoms with E-state index in [1.807, 2.05) is 38.1 Å². The largest absolute Gasteiger partial charge is 0.357 e. The van der Waals surface area contributed by atoms with E-state index in [0.29, 0.717) is 16.6 Å². The number of carbonyl (C=O) groups is 2. The van der Waals surface area contributed by atoms with Gasteiger partial charge in [-0.15, -0.1) is 0 Å². The van der Waals surface area contributed by atoms with Crippen molar-refractivity contribution in [3.8, 4) is 0 Å². The summed E-state index contributed by atoms with van der Waals surface area (Å²) < 4.78 is 26.8. The van der Waals surface area contributed by atoms with Gasteiger partial charge in [0.15, 0.2) is 0 Å². The Hall–Kier alpha value is -2.39. The molecule has 0 heterocycles. The first-order chi connectivity index (χ1) is 14.6. The zero-order chi connectivity index (χ0) is 23.2. The minimum Gasteiger partial charge on any atom is -0.357 e. The number of rotatable bonds is 9. The van der Waals surface area contributed by atoms with Gasteiger partial charge in [0.2, 0.25) is 21.8 Å². The van der Waals surface area contributed by atoms with E-state index in [4.69, 9.17) is 0 Å². The summed E-state index contributed by atoms with van der Waals surface area (Å²) >= 11 is 3.34. The van der Waals surface area contributed by atoms with Crippen LogP contribution in [0.4, 0.5) is 5.69 Å². The van der Waals surface area contributed by atoms with Gasteiger partial charge in [-0.1, -0.05) is 53.2 Å². The minimum absolute atomic E-state index is 0.202. The van der Waals surface area contributed by atoms with E-state index in [9.17, 15) is 18.0 Å². The van der Waals surface area contributed by atoms with Crippen molar-refractivity contribution in [1.29, 1.82) is 0 Å². The molecule has 1 N–H and O–H groups in total. The van der Waals surface area contributed by atoms with Gasteiger partial charge in [-0.3, -0.25) is 13.9 Å². The number of amides is 2. The van der Waals surface area contributed by atoms with E-state index in [2.05, 4.69) is 21.2 Å². The molecular formula is C22H28BrN3O4S. The van der Waals surface area contributed by atoms with Gasteiger partial charge in [0.1, 0.15) is 12.6 Å². The first kappa shape index (κ1) is 24.9. The molecule has 0 saturated heterocycles. The van der Waals surface area contributed by atoms with Crippen molar-refractivity contribution in [2.45, 2.75) is 32.9 Å².